The highest BCUT2D eigenvalue weighted by molar-refractivity contribution is 7.89. The van der Waals surface area contributed by atoms with Crippen LogP contribution in [0.25, 0.3) is 0 Å². The van der Waals surface area contributed by atoms with Crippen molar-refractivity contribution in [2.75, 3.05) is 13.1 Å². The van der Waals surface area contributed by atoms with Crippen molar-refractivity contribution >= 4 is 10.0 Å². The van der Waals surface area contributed by atoms with Crippen molar-refractivity contribution in [3.63, 3.8) is 0 Å². The van der Waals surface area contributed by atoms with E-state index in [2.05, 4.69) is 20.8 Å². The van der Waals surface area contributed by atoms with Crippen molar-refractivity contribution in [3.05, 3.63) is 29.8 Å². The summed E-state index contributed by atoms with van der Waals surface area (Å²) in [6, 6.07) is 7.72. The van der Waals surface area contributed by atoms with Crippen LogP contribution < -0.4 is 5.73 Å². The van der Waals surface area contributed by atoms with Crippen LogP contribution in [0.5, 0.6) is 0 Å². The Bertz CT molecular complexity index is 676. The van der Waals surface area contributed by atoms with Crippen molar-refractivity contribution in [2.45, 2.75) is 62.8 Å². The van der Waals surface area contributed by atoms with E-state index in [1.807, 2.05) is 12.1 Å². The number of nitrogens with zero attached hydrogens (tertiary/aromatic N) is 1. The Kier molecular flexibility index (Phi) is 4.80. The van der Waals surface area contributed by atoms with Gasteiger partial charge in [0.1, 0.15) is 0 Å². The summed E-state index contributed by atoms with van der Waals surface area (Å²) in [6.07, 6.45) is 4.08. The predicted octanol–water partition coefficient (Wildman–Crippen LogP) is 3.12. The van der Waals surface area contributed by atoms with Crippen LogP contribution in [-0.2, 0) is 15.4 Å². The summed E-state index contributed by atoms with van der Waals surface area (Å²) in [4.78, 5) is 0.418. The first-order valence-corrected chi connectivity index (χ1v) is 10.5. The third-order valence-electron chi connectivity index (χ3n) is 5.73. The zero-order valence-corrected chi connectivity index (χ0v) is 15.8. The fraction of sp³-hybridized carbons (Fsp3) is 0.684. The average Bonchev–Trinajstić information content (AvgIpc) is 2.53. The van der Waals surface area contributed by atoms with Crippen LogP contribution in [0, 0.1) is 11.8 Å². The molecule has 3 rings (SSSR count). The summed E-state index contributed by atoms with van der Waals surface area (Å²) in [5.74, 6) is 1.07. The third kappa shape index (κ3) is 3.53. The normalized spacial score (nSPS) is 29.2. The number of rotatable bonds is 2. The molecule has 1 aliphatic heterocycles. The molecule has 0 radical (unpaired) electrons. The van der Waals surface area contributed by atoms with Gasteiger partial charge in [0.05, 0.1) is 4.90 Å². The summed E-state index contributed by atoms with van der Waals surface area (Å²) >= 11 is 0. The first-order chi connectivity index (χ1) is 11.2. The zero-order chi connectivity index (χ0) is 17.5. The van der Waals surface area contributed by atoms with E-state index in [-0.39, 0.29) is 5.41 Å². The highest BCUT2D eigenvalue weighted by Gasteiger charge is 2.38. The van der Waals surface area contributed by atoms with E-state index in [0.29, 0.717) is 35.9 Å². The minimum absolute atomic E-state index is 0.0293. The van der Waals surface area contributed by atoms with Crippen LogP contribution >= 0.6 is 0 Å². The summed E-state index contributed by atoms with van der Waals surface area (Å²) in [6.45, 7) is 7.68. The van der Waals surface area contributed by atoms with Gasteiger partial charge in [0.15, 0.2) is 0 Å². The molecule has 1 heterocycles. The van der Waals surface area contributed by atoms with Gasteiger partial charge in [-0.15, -0.1) is 0 Å². The minimum Gasteiger partial charge on any atom is -0.328 e. The van der Waals surface area contributed by atoms with Gasteiger partial charge < -0.3 is 5.73 Å². The molecule has 2 N–H and O–H groups in total. The van der Waals surface area contributed by atoms with Crippen LogP contribution in [0.1, 0.15) is 52.0 Å². The standard InChI is InChI=1S/C19H30N2O2S/c1-19(2,3)16-5-8-18(9-6-16)24(22,23)21-11-10-14-12-17(20)7-4-15(14)13-21/h5-6,8-9,14-15,17H,4,7,10-13,20H2,1-3H3/t14-,15?,17-/m0/s1. The highest BCUT2D eigenvalue weighted by atomic mass is 32.2. The molecular formula is C19H30N2O2S. The molecule has 1 saturated carbocycles. The van der Waals surface area contributed by atoms with Gasteiger partial charge in [0, 0.05) is 19.1 Å². The fourth-order valence-corrected chi connectivity index (χ4v) is 5.63. The Balaban J connectivity index is 1.76. The third-order valence-corrected chi connectivity index (χ3v) is 7.61. The largest absolute Gasteiger partial charge is 0.328 e. The lowest BCUT2D eigenvalue weighted by atomic mass is 9.74. The van der Waals surface area contributed by atoms with Gasteiger partial charge in [0.25, 0.3) is 0 Å². The van der Waals surface area contributed by atoms with E-state index in [9.17, 15) is 8.42 Å². The van der Waals surface area contributed by atoms with Gasteiger partial charge >= 0.3 is 0 Å². The van der Waals surface area contributed by atoms with E-state index in [4.69, 9.17) is 5.73 Å². The minimum atomic E-state index is -3.39. The van der Waals surface area contributed by atoms with Gasteiger partial charge in [0.2, 0.25) is 10.0 Å². The van der Waals surface area contributed by atoms with Crippen molar-refractivity contribution in [1.29, 1.82) is 0 Å². The summed E-state index contributed by atoms with van der Waals surface area (Å²) in [7, 11) is -3.39. The Morgan fingerprint density at radius 2 is 1.71 bits per heavy atom. The molecule has 2 fully saturated rings. The second-order valence-electron chi connectivity index (χ2n) is 8.52. The molecule has 4 nitrogen and oxygen atoms in total. The van der Waals surface area contributed by atoms with Crippen LogP contribution in [0.3, 0.4) is 0 Å². The van der Waals surface area contributed by atoms with Crippen LogP contribution in [0.15, 0.2) is 29.2 Å². The number of benzene rings is 1. The lowest BCUT2D eigenvalue weighted by molar-refractivity contribution is 0.126. The average molecular weight is 351 g/mol. The maximum atomic E-state index is 13.0. The molecule has 134 valence electrons. The quantitative estimate of drug-likeness (QED) is 0.891. The Hall–Kier alpha value is -0.910. The SMILES string of the molecule is CC(C)(C)c1ccc(S(=O)(=O)N2CC[C@H]3C[C@@H](N)CCC3C2)cc1. The summed E-state index contributed by atoms with van der Waals surface area (Å²) in [5.41, 5.74) is 7.25. The molecule has 24 heavy (non-hydrogen) atoms. The first kappa shape index (κ1) is 17.9. The molecule has 1 aromatic rings. The second-order valence-corrected chi connectivity index (χ2v) is 10.5. The summed E-state index contributed by atoms with van der Waals surface area (Å²) < 4.78 is 27.7. The van der Waals surface area contributed by atoms with E-state index < -0.39 is 10.0 Å². The predicted molar refractivity (Wildman–Crippen MR) is 97.3 cm³/mol. The molecule has 0 aromatic heterocycles. The van der Waals surface area contributed by atoms with E-state index >= 15 is 0 Å². The zero-order valence-electron chi connectivity index (χ0n) is 15.0. The Morgan fingerprint density at radius 3 is 2.33 bits per heavy atom. The van der Waals surface area contributed by atoms with Gasteiger partial charge in [-0.05, 0) is 60.6 Å². The van der Waals surface area contributed by atoms with Crippen molar-refractivity contribution in [3.8, 4) is 0 Å². The first-order valence-electron chi connectivity index (χ1n) is 9.04. The van der Waals surface area contributed by atoms with Crippen molar-refractivity contribution < 1.29 is 8.42 Å². The molecular weight excluding hydrogens is 320 g/mol. The number of hydrogen-bond acceptors (Lipinski definition) is 3. The van der Waals surface area contributed by atoms with Crippen LogP contribution in [0.2, 0.25) is 0 Å². The molecule has 1 unspecified atom stereocenters. The van der Waals surface area contributed by atoms with Crippen molar-refractivity contribution in [2.24, 2.45) is 17.6 Å². The van der Waals surface area contributed by atoms with Gasteiger partial charge in [-0.2, -0.15) is 4.31 Å². The fourth-order valence-electron chi connectivity index (χ4n) is 4.11. The molecule has 5 heteroatoms. The molecule has 0 bridgehead atoms. The molecule has 0 amide bonds. The maximum absolute atomic E-state index is 13.0. The highest BCUT2D eigenvalue weighted by Crippen LogP contribution is 2.37. The molecule has 1 aromatic carbocycles. The second kappa shape index (κ2) is 6.43. The van der Waals surface area contributed by atoms with Crippen LogP contribution in [-0.4, -0.2) is 31.9 Å². The van der Waals surface area contributed by atoms with Gasteiger partial charge in [-0.1, -0.05) is 32.9 Å². The lowest BCUT2D eigenvalue weighted by Crippen LogP contribution is -2.47. The van der Waals surface area contributed by atoms with Crippen LogP contribution in [0.4, 0.5) is 0 Å². The topological polar surface area (TPSA) is 63.4 Å². The monoisotopic (exact) mass is 350 g/mol. The number of nitrogens with two attached hydrogens (primary N) is 1. The molecule has 0 spiro atoms. The molecule has 1 saturated heterocycles. The molecule has 3 atom stereocenters. The number of piperidine rings is 1. The van der Waals surface area contributed by atoms with Crippen molar-refractivity contribution in [1.82, 2.24) is 4.31 Å². The van der Waals surface area contributed by atoms with E-state index in [1.165, 1.54) is 0 Å². The van der Waals surface area contributed by atoms with Gasteiger partial charge in [-0.25, -0.2) is 8.42 Å². The smallest absolute Gasteiger partial charge is 0.243 e. The van der Waals surface area contributed by atoms with E-state index in [1.54, 1.807) is 16.4 Å². The Labute approximate surface area is 146 Å². The Morgan fingerprint density at radius 1 is 1.04 bits per heavy atom. The number of sulfonamides is 1. The lowest BCUT2D eigenvalue weighted by Gasteiger charge is -2.42. The van der Waals surface area contributed by atoms with E-state index in [0.717, 1.165) is 31.2 Å². The summed E-state index contributed by atoms with van der Waals surface area (Å²) in [5, 5.41) is 0. The number of fused-ring (bicyclic) bond motifs is 1. The molecule has 2 aliphatic rings. The number of hydrogen-bond donors (Lipinski definition) is 1. The maximum Gasteiger partial charge on any atom is 0.243 e. The molecule has 1 aliphatic carbocycles. The van der Waals surface area contributed by atoms with Gasteiger partial charge in [-0.3, -0.25) is 0 Å².